The highest BCUT2D eigenvalue weighted by atomic mass is 16.6. The van der Waals surface area contributed by atoms with E-state index >= 15 is 0 Å². The summed E-state index contributed by atoms with van der Waals surface area (Å²) >= 11 is 0. The number of carbonyl (C=O) groups is 3. The third-order valence-corrected chi connectivity index (χ3v) is 10.8. The van der Waals surface area contributed by atoms with E-state index in [9.17, 15) is 19.5 Å². The summed E-state index contributed by atoms with van der Waals surface area (Å²) in [7, 11) is 0. The minimum atomic E-state index is -0.379. The molecule has 0 aromatic heterocycles. The number of nitrogens with zero attached hydrogens (tertiary/aromatic N) is 1. The Hall–Kier alpha value is -1.47. The Balaban J connectivity index is 1.20. The smallest absolute Gasteiger partial charge is 0.319 e. The van der Waals surface area contributed by atoms with Gasteiger partial charge >= 0.3 is 17.9 Å². The van der Waals surface area contributed by atoms with E-state index in [4.69, 9.17) is 9.47 Å². The van der Waals surface area contributed by atoms with Crippen LogP contribution in [0, 0.1) is 29.1 Å². The molecule has 0 radical (unpaired) electrons. The second-order valence-corrected chi connectivity index (χ2v) is 14.6. The Bertz CT molecular complexity index is 809. The second-order valence-electron chi connectivity index (χ2n) is 14.6. The minimum Gasteiger partial charge on any atom is -0.466 e. The fourth-order valence-corrected chi connectivity index (χ4v) is 8.63. The molecule has 254 valence electrons. The molecule has 4 rings (SSSR count). The van der Waals surface area contributed by atoms with E-state index in [2.05, 4.69) is 11.8 Å². The maximum Gasteiger partial charge on any atom is 0.319 e. The molecule has 0 heterocycles. The van der Waals surface area contributed by atoms with Crippen LogP contribution in [-0.2, 0) is 23.9 Å². The van der Waals surface area contributed by atoms with Gasteiger partial charge in [-0.25, -0.2) is 0 Å². The molecule has 7 heteroatoms. The van der Waals surface area contributed by atoms with E-state index in [-0.39, 0.29) is 35.8 Å². The Morgan fingerprint density at radius 2 is 1.32 bits per heavy atom. The Morgan fingerprint density at radius 1 is 0.750 bits per heavy atom. The lowest BCUT2D eigenvalue weighted by Gasteiger charge is -2.55. The topological polar surface area (TPSA) is 93.1 Å². The molecule has 0 spiro atoms. The first-order valence-electron chi connectivity index (χ1n) is 18.6. The normalized spacial score (nSPS) is 24.5. The molecule has 7 nitrogen and oxygen atoms in total. The number of ether oxygens (including phenoxy) is 2. The van der Waals surface area contributed by atoms with Gasteiger partial charge in [0, 0.05) is 13.0 Å². The maximum absolute atomic E-state index is 13.2. The molecule has 4 saturated carbocycles. The first-order chi connectivity index (χ1) is 21.4. The van der Waals surface area contributed by atoms with Crippen molar-refractivity contribution in [2.45, 2.75) is 155 Å². The standard InChI is InChI=1S/C37H65NO6/c1-3-5-6-7-8-9-12-15-23-43-34(40)18-16-20-38(21-22-39)19-14-11-10-13-17-33(4-2)35(41)44-36(42)37-27-30-24-31(28-37)26-32(25-30)29-37/h30-33,39H,3-29H2,1-2H3. The van der Waals surface area contributed by atoms with Crippen LogP contribution >= 0.6 is 0 Å². The third-order valence-electron chi connectivity index (χ3n) is 10.8. The molecule has 0 aliphatic heterocycles. The van der Waals surface area contributed by atoms with Crippen molar-refractivity contribution in [1.82, 2.24) is 4.90 Å². The predicted molar refractivity (Wildman–Crippen MR) is 175 cm³/mol. The molecule has 1 N–H and O–H groups in total. The molecule has 0 amide bonds. The summed E-state index contributed by atoms with van der Waals surface area (Å²) in [5.74, 6) is 1.13. The van der Waals surface area contributed by atoms with Crippen LogP contribution in [0.3, 0.4) is 0 Å². The van der Waals surface area contributed by atoms with Crippen LogP contribution in [0.5, 0.6) is 0 Å². The van der Waals surface area contributed by atoms with Gasteiger partial charge in [0.1, 0.15) is 0 Å². The van der Waals surface area contributed by atoms with E-state index in [0.29, 0.717) is 43.7 Å². The van der Waals surface area contributed by atoms with Gasteiger partial charge in [-0.05, 0) is 101 Å². The van der Waals surface area contributed by atoms with Crippen LogP contribution < -0.4 is 0 Å². The molecular formula is C37H65NO6. The number of aliphatic hydroxyl groups is 1. The van der Waals surface area contributed by atoms with Crippen molar-refractivity contribution >= 4 is 17.9 Å². The lowest BCUT2D eigenvalue weighted by molar-refractivity contribution is -0.180. The second kappa shape index (κ2) is 20.6. The molecule has 0 aromatic carbocycles. The Morgan fingerprint density at radius 3 is 1.93 bits per heavy atom. The molecule has 1 atom stereocenters. The maximum atomic E-state index is 13.2. The third kappa shape index (κ3) is 12.7. The number of unbranched alkanes of at least 4 members (excludes halogenated alkanes) is 10. The van der Waals surface area contributed by atoms with Crippen LogP contribution in [0.2, 0.25) is 0 Å². The van der Waals surface area contributed by atoms with Crippen LogP contribution in [0.15, 0.2) is 0 Å². The van der Waals surface area contributed by atoms with E-state index < -0.39 is 0 Å². The van der Waals surface area contributed by atoms with Gasteiger partial charge in [0.05, 0.1) is 24.5 Å². The SMILES string of the molecule is CCCCCCCCCCOC(=O)CCCN(CCO)CCCCCCC(CC)C(=O)OC(=O)C12CC3CC(CC(C3)C1)C2. The molecular weight excluding hydrogens is 554 g/mol. The van der Waals surface area contributed by atoms with Crippen molar-refractivity contribution in [1.29, 1.82) is 0 Å². The molecule has 1 unspecified atom stereocenters. The van der Waals surface area contributed by atoms with Gasteiger partial charge in [0.15, 0.2) is 0 Å². The monoisotopic (exact) mass is 619 g/mol. The number of esters is 3. The average Bonchev–Trinajstić information content (AvgIpc) is 2.99. The summed E-state index contributed by atoms with van der Waals surface area (Å²) in [4.78, 5) is 40.5. The van der Waals surface area contributed by atoms with Crippen molar-refractivity contribution in [3.8, 4) is 0 Å². The Kier molecular flexibility index (Phi) is 17.3. The van der Waals surface area contributed by atoms with Crippen LogP contribution in [0.25, 0.3) is 0 Å². The molecule has 4 aliphatic rings. The number of aliphatic hydroxyl groups excluding tert-OH is 1. The Labute approximate surface area is 268 Å². The molecule has 4 fully saturated rings. The molecule has 44 heavy (non-hydrogen) atoms. The first kappa shape index (κ1) is 37.0. The van der Waals surface area contributed by atoms with Crippen LogP contribution in [0.1, 0.15) is 155 Å². The number of hydrogen-bond acceptors (Lipinski definition) is 7. The lowest BCUT2D eigenvalue weighted by Crippen LogP contribution is -2.51. The van der Waals surface area contributed by atoms with Crippen molar-refractivity contribution in [3.63, 3.8) is 0 Å². The van der Waals surface area contributed by atoms with Gasteiger partial charge in [-0.15, -0.1) is 0 Å². The first-order valence-corrected chi connectivity index (χ1v) is 18.6. The summed E-state index contributed by atoms with van der Waals surface area (Å²) in [6, 6.07) is 0. The summed E-state index contributed by atoms with van der Waals surface area (Å²) < 4.78 is 11.0. The van der Waals surface area contributed by atoms with E-state index in [1.807, 2.05) is 6.92 Å². The largest absolute Gasteiger partial charge is 0.466 e. The molecule has 0 saturated heterocycles. The zero-order valence-corrected chi connectivity index (χ0v) is 28.3. The van der Waals surface area contributed by atoms with Gasteiger partial charge in [-0.2, -0.15) is 0 Å². The van der Waals surface area contributed by atoms with Crippen molar-refractivity contribution in [3.05, 3.63) is 0 Å². The average molecular weight is 620 g/mol. The highest BCUT2D eigenvalue weighted by Gasteiger charge is 2.56. The zero-order chi connectivity index (χ0) is 31.6. The highest BCUT2D eigenvalue weighted by molar-refractivity contribution is 5.90. The number of rotatable bonds is 25. The van der Waals surface area contributed by atoms with Gasteiger partial charge in [0.2, 0.25) is 0 Å². The van der Waals surface area contributed by atoms with Crippen LogP contribution in [-0.4, -0.2) is 60.8 Å². The molecule has 4 bridgehead atoms. The predicted octanol–water partition coefficient (Wildman–Crippen LogP) is 8.01. The van der Waals surface area contributed by atoms with E-state index in [0.717, 1.165) is 83.7 Å². The summed E-state index contributed by atoms with van der Waals surface area (Å²) in [5, 5.41) is 9.48. The van der Waals surface area contributed by atoms with E-state index in [1.165, 1.54) is 57.8 Å². The van der Waals surface area contributed by atoms with Gasteiger partial charge < -0.3 is 19.5 Å². The number of carbonyl (C=O) groups excluding carboxylic acids is 3. The van der Waals surface area contributed by atoms with Crippen LogP contribution in [0.4, 0.5) is 0 Å². The van der Waals surface area contributed by atoms with Gasteiger partial charge in [-0.1, -0.05) is 78.1 Å². The quantitative estimate of drug-likeness (QED) is 0.0629. The fraction of sp³-hybridized carbons (Fsp3) is 0.919. The summed E-state index contributed by atoms with van der Waals surface area (Å²) in [6.07, 6.45) is 23.2. The van der Waals surface area contributed by atoms with Gasteiger partial charge in [0.25, 0.3) is 0 Å². The summed E-state index contributed by atoms with van der Waals surface area (Å²) in [6.45, 7) is 7.20. The molecule has 0 aromatic rings. The molecule has 4 aliphatic carbocycles. The van der Waals surface area contributed by atoms with Crippen molar-refractivity contribution < 1.29 is 29.0 Å². The number of hydrogen-bond donors (Lipinski definition) is 1. The zero-order valence-electron chi connectivity index (χ0n) is 28.3. The highest BCUT2D eigenvalue weighted by Crippen LogP contribution is 2.60. The van der Waals surface area contributed by atoms with Gasteiger partial charge in [-0.3, -0.25) is 14.4 Å². The fourth-order valence-electron chi connectivity index (χ4n) is 8.63. The van der Waals surface area contributed by atoms with Crippen molar-refractivity contribution in [2.75, 3.05) is 32.8 Å². The summed E-state index contributed by atoms with van der Waals surface area (Å²) in [5.41, 5.74) is -0.379. The van der Waals surface area contributed by atoms with E-state index in [1.54, 1.807) is 0 Å². The van der Waals surface area contributed by atoms with Crippen molar-refractivity contribution in [2.24, 2.45) is 29.1 Å². The minimum absolute atomic E-state index is 0.111. The lowest BCUT2D eigenvalue weighted by atomic mass is 9.49.